The number of hydrogen-bond donors (Lipinski definition) is 0. The highest BCUT2D eigenvalue weighted by molar-refractivity contribution is 7.85. The zero-order valence-electron chi connectivity index (χ0n) is 6.57. The first-order chi connectivity index (χ1) is 5.53. The Hall–Kier alpha value is -0.910. The molecule has 0 spiro atoms. The first-order valence-corrected chi connectivity index (χ1v) is 4.99. The molecular formula is C6H9FN2O2S. The van der Waals surface area contributed by atoms with Crippen LogP contribution in [0.25, 0.3) is 0 Å². The van der Waals surface area contributed by atoms with E-state index in [9.17, 15) is 12.3 Å². The molecule has 0 amide bonds. The monoisotopic (exact) mass is 192 g/mol. The van der Waals surface area contributed by atoms with Gasteiger partial charge in [-0.25, -0.2) is 4.98 Å². The highest BCUT2D eigenvalue weighted by Gasteiger charge is 2.11. The van der Waals surface area contributed by atoms with Crippen LogP contribution in [0.1, 0.15) is 12.6 Å². The Kier molecular flexibility index (Phi) is 2.46. The van der Waals surface area contributed by atoms with Gasteiger partial charge in [-0.2, -0.15) is 8.42 Å². The molecule has 0 fully saturated rings. The maximum absolute atomic E-state index is 12.2. The second-order valence-corrected chi connectivity index (χ2v) is 3.72. The minimum atomic E-state index is -4.44. The van der Waals surface area contributed by atoms with E-state index in [1.54, 1.807) is 4.57 Å². The lowest BCUT2D eigenvalue weighted by atomic mass is 10.5. The lowest BCUT2D eigenvalue weighted by Crippen LogP contribution is -2.03. The molecule has 6 heteroatoms. The van der Waals surface area contributed by atoms with Crippen molar-refractivity contribution in [2.45, 2.75) is 19.2 Å². The molecule has 1 aromatic rings. The average Bonchev–Trinajstić information content (AvgIpc) is 2.31. The van der Waals surface area contributed by atoms with E-state index in [0.717, 1.165) is 0 Å². The van der Waals surface area contributed by atoms with Gasteiger partial charge in [-0.3, -0.25) is 0 Å². The zero-order chi connectivity index (χ0) is 9.19. The molecule has 0 aliphatic carbocycles. The maximum Gasteiger partial charge on any atom is 0.308 e. The van der Waals surface area contributed by atoms with Gasteiger partial charge < -0.3 is 4.57 Å². The minimum Gasteiger partial charge on any atom is -0.334 e. The highest BCUT2D eigenvalue weighted by atomic mass is 32.3. The van der Waals surface area contributed by atoms with Crippen LogP contribution < -0.4 is 0 Å². The van der Waals surface area contributed by atoms with Crippen LogP contribution in [-0.4, -0.2) is 18.0 Å². The Balaban J connectivity index is 2.89. The number of rotatable bonds is 3. The summed E-state index contributed by atoms with van der Waals surface area (Å²) in [5.74, 6) is -0.596. The van der Waals surface area contributed by atoms with Gasteiger partial charge in [0.1, 0.15) is 5.75 Å². The molecule has 0 saturated heterocycles. The van der Waals surface area contributed by atoms with Gasteiger partial charge in [0.25, 0.3) is 0 Å². The number of aryl methyl sites for hydroxylation is 1. The highest BCUT2D eigenvalue weighted by Crippen LogP contribution is 2.06. The predicted octanol–water partition coefficient (Wildman–Crippen LogP) is 0.702. The second kappa shape index (κ2) is 3.22. The molecule has 0 unspecified atom stereocenters. The van der Waals surface area contributed by atoms with Crippen LogP contribution >= 0.6 is 0 Å². The fourth-order valence-electron chi connectivity index (χ4n) is 0.930. The van der Waals surface area contributed by atoms with Crippen molar-refractivity contribution in [1.29, 1.82) is 0 Å². The van der Waals surface area contributed by atoms with Crippen molar-refractivity contribution in [2.75, 3.05) is 0 Å². The van der Waals surface area contributed by atoms with E-state index >= 15 is 0 Å². The first-order valence-electron chi connectivity index (χ1n) is 3.44. The number of aromatic nitrogens is 2. The van der Waals surface area contributed by atoms with Crippen molar-refractivity contribution in [3.05, 3.63) is 18.2 Å². The van der Waals surface area contributed by atoms with Gasteiger partial charge in [0.2, 0.25) is 0 Å². The molecule has 68 valence electrons. The van der Waals surface area contributed by atoms with E-state index in [4.69, 9.17) is 0 Å². The van der Waals surface area contributed by atoms with E-state index in [2.05, 4.69) is 4.98 Å². The Bertz CT molecular complexity index is 357. The molecule has 1 aromatic heterocycles. The molecule has 4 nitrogen and oxygen atoms in total. The van der Waals surface area contributed by atoms with E-state index in [0.29, 0.717) is 12.2 Å². The Morgan fingerprint density at radius 2 is 2.33 bits per heavy atom. The Morgan fingerprint density at radius 1 is 1.67 bits per heavy atom. The van der Waals surface area contributed by atoms with Crippen molar-refractivity contribution in [3.63, 3.8) is 0 Å². The first kappa shape index (κ1) is 9.18. The molecule has 0 aromatic carbocycles. The van der Waals surface area contributed by atoms with Crippen molar-refractivity contribution >= 4 is 10.2 Å². The molecule has 0 N–H and O–H groups in total. The molecule has 0 radical (unpaired) electrons. The summed E-state index contributed by atoms with van der Waals surface area (Å²) in [5.41, 5.74) is 0.375. The Labute approximate surface area is 70.3 Å². The zero-order valence-corrected chi connectivity index (χ0v) is 7.38. The fourth-order valence-corrected chi connectivity index (χ4v) is 1.52. The minimum absolute atomic E-state index is 0.375. The molecular weight excluding hydrogens is 183 g/mol. The van der Waals surface area contributed by atoms with Crippen LogP contribution in [0.5, 0.6) is 0 Å². The summed E-state index contributed by atoms with van der Waals surface area (Å²) in [6.07, 6.45) is 2.82. The van der Waals surface area contributed by atoms with E-state index < -0.39 is 16.0 Å². The normalized spacial score (nSPS) is 11.8. The van der Waals surface area contributed by atoms with E-state index in [1.165, 1.54) is 12.5 Å². The second-order valence-electron chi connectivity index (χ2n) is 2.35. The third-order valence-corrected chi connectivity index (χ3v) is 2.10. The van der Waals surface area contributed by atoms with Crippen LogP contribution in [0.3, 0.4) is 0 Å². The number of nitrogens with zero attached hydrogens (tertiary/aromatic N) is 2. The average molecular weight is 192 g/mol. The molecule has 0 aliphatic heterocycles. The standard InChI is InChI=1S/C6H9FN2O2S/c1-2-9-5-8-3-6(9)4-12(7,10)11/h3,5H,2,4H2,1H3. The van der Waals surface area contributed by atoms with Crippen molar-refractivity contribution < 1.29 is 12.3 Å². The molecule has 0 saturated carbocycles. The van der Waals surface area contributed by atoms with Crippen LogP contribution in [0.2, 0.25) is 0 Å². The van der Waals surface area contributed by atoms with E-state index in [-0.39, 0.29) is 0 Å². The topological polar surface area (TPSA) is 52.0 Å². The summed E-state index contributed by atoms with van der Waals surface area (Å²) in [4.78, 5) is 3.71. The predicted molar refractivity (Wildman–Crippen MR) is 41.6 cm³/mol. The third-order valence-electron chi connectivity index (χ3n) is 1.46. The van der Waals surface area contributed by atoms with E-state index in [1.807, 2.05) is 6.92 Å². The fraction of sp³-hybridized carbons (Fsp3) is 0.500. The lowest BCUT2D eigenvalue weighted by molar-refractivity contribution is 0.548. The summed E-state index contributed by atoms with van der Waals surface area (Å²) in [7, 11) is -4.44. The lowest BCUT2D eigenvalue weighted by Gasteiger charge is -2.00. The van der Waals surface area contributed by atoms with Crippen LogP contribution in [-0.2, 0) is 22.5 Å². The van der Waals surface area contributed by atoms with Crippen LogP contribution in [0.4, 0.5) is 3.89 Å². The van der Waals surface area contributed by atoms with Crippen LogP contribution in [0.15, 0.2) is 12.5 Å². The molecule has 0 aliphatic rings. The van der Waals surface area contributed by atoms with Gasteiger partial charge in [0.05, 0.1) is 12.0 Å². The van der Waals surface area contributed by atoms with Crippen molar-refractivity contribution in [2.24, 2.45) is 0 Å². The molecule has 1 heterocycles. The number of hydrogen-bond acceptors (Lipinski definition) is 3. The van der Waals surface area contributed by atoms with Crippen LogP contribution in [0, 0.1) is 0 Å². The third kappa shape index (κ3) is 2.30. The Morgan fingerprint density at radius 3 is 2.83 bits per heavy atom. The summed E-state index contributed by atoms with van der Waals surface area (Å²) >= 11 is 0. The van der Waals surface area contributed by atoms with Crippen molar-refractivity contribution in [3.8, 4) is 0 Å². The summed E-state index contributed by atoms with van der Waals surface area (Å²) in [5, 5.41) is 0. The van der Waals surface area contributed by atoms with Gasteiger partial charge in [0, 0.05) is 12.7 Å². The molecule has 12 heavy (non-hydrogen) atoms. The maximum atomic E-state index is 12.2. The molecule has 0 atom stereocenters. The van der Waals surface area contributed by atoms with Gasteiger partial charge in [-0.05, 0) is 6.92 Å². The van der Waals surface area contributed by atoms with Gasteiger partial charge in [-0.15, -0.1) is 3.89 Å². The smallest absolute Gasteiger partial charge is 0.308 e. The summed E-state index contributed by atoms with van der Waals surface area (Å²) in [6.45, 7) is 2.42. The largest absolute Gasteiger partial charge is 0.334 e. The van der Waals surface area contributed by atoms with Gasteiger partial charge >= 0.3 is 10.2 Å². The summed E-state index contributed by atoms with van der Waals surface area (Å²) < 4.78 is 34.3. The summed E-state index contributed by atoms with van der Waals surface area (Å²) in [6, 6.07) is 0. The SMILES string of the molecule is CCn1cncc1CS(=O)(=O)F. The number of halogens is 1. The van der Waals surface area contributed by atoms with Gasteiger partial charge in [-0.1, -0.05) is 0 Å². The van der Waals surface area contributed by atoms with Gasteiger partial charge in [0.15, 0.2) is 0 Å². The number of imidazole rings is 1. The molecule has 0 bridgehead atoms. The van der Waals surface area contributed by atoms with Crippen molar-refractivity contribution in [1.82, 2.24) is 9.55 Å². The quantitative estimate of drug-likeness (QED) is 0.662. The molecule has 1 rings (SSSR count).